The number of allylic oxidation sites excluding steroid dienone is 11. The summed E-state index contributed by atoms with van der Waals surface area (Å²) in [6.07, 6.45) is 23.1. The molecule has 5 heteroatoms. The van der Waals surface area contributed by atoms with E-state index in [1.54, 1.807) is 6.08 Å². The van der Waals surface area contributed by atoms with Crippen LogP contribution < -0.4 is 26.6 Å². The lowest BCUT2D eigenvalue weighted by molar-refractivity contribution is 1.08. The van der Waals surface area contributed by atoms with Crippen LogP contribution in [0.15, 0.2) is 224 Å². The number of nitrogens with zero attached hydrogens (tertiary/aromatic N) is 1. The Morgan fingerprint density at radius 1 is 0.821 bits per heavy atom. The van der Waals surface area contributed by atoms with Gasteiger partial charge in [0.1, 0.15) is 0 Å². The first kappa shape index (κ1) is 38.5. The number of hydrogen-bond donors (Lipinski definition) is 4. The highest BCUT2D eigenvalue weighted by atomic mass is 15.1. The standard InChI is InChI=1S/C51H49N5/c1-5-17-51(56(4)45-24-10-7-11-25-45)48(52)36-38(2)28-29-39(30-31-41-19-13-15-27-49(41)53-3)42-32-33-47-46-26-14-12-18-40(46)20-16-23-44(34-35-54-50(47)37-42)55-43-21-8-6-9-22-43/h5-30,32-37,53-55H,1-2,31,52H2,3-4H3/b20-16-,29-28-,35-34+,39-30+,44-23+,48-36+,51-17+. The molecule has 0 amide bonds. The molecule has 0 unspecified atom stereocenters. The van der Waals surface area contributed by atoms with Gasteiger partial charge in [-0.05, 0) is 101 Å². The third kappa shape index (κ3) is 10.0. The Hall–Kier alpha value is -7.24. The van der Waals surface area contributed by atoms with Crippen molar-refractivity contribution in [3.63, 3.8) is 0 Å². The molecule has 0 fully saturated rings. The number of anilines is 4. The average Bonchev–Trinajstić information content (AvgIpc) is 3.26. The molecule has 0 bridgehead atoms. The van der Waals surface area contributed by atoms with E-state index in [9.17, 15) is 0 Å². The number of likely N-dealkylation sites (N-methyl/N-ethyl adjacent to an activating group) is 1. The van der Waals surface area contributed by atoms with Gasteiger partial charge in [0.25, 0.3) is 0 Å². The molecule has 278 valence electrons. The Morgan fingerprint density at radius 2 is 1.55 bits per heavy atom. The third-order valence-corrected chi connectivity index (χ3v) is 9.44. The summed E-state index contributed by atoms with van der Waals surface area (Å²) in [7, 11) is 3.95. The van der Waals surface area contributed by atoms with Gasteiger partial charge in [0.15, 0.2) is 0 Å². The van der Waals surface area contributed by atoms with Crippen LogP contribution in [0, 0.1) is 0 Å². The van der Waals surface area contributed by atoms with E-state index in [1.165, 1.54) is 5.56 Å². The molecular weight excluding hydrogens is 683 g/mol. The maximum absolute atomic E-state index is 6.72. The molecule has 5 aromatic carbocycles. The van der Waals surface area contributed by atoms with Crippen molar-refractivity contribution in [2.24, 2.45) is 5.73 Å². The number of rotatable bonds is 13. The Kier molecular flexibility index (Phi) is 13.2. The van der Waals surface area contributed by atoms with Gasteiger partial charge in [0, 0.05) is 54.3 Å². The van der Waals surface area contributed by atoms with Gasteiger partial charge < -0.3 is 26.6 Å². The Balaban J connectivity index is 1.37. The summed E-state index contributed by atoms with van der Waals surface area (Å²) in [6, 6.07) is 43.8. The molecule has 0 saturated carbocycles. The van der Waals surface area contributed by atoms with Crippen LogP contribution in [0.1, 0.15) is 16.7 Å². The second-order valence-corrected chi connectivity index (χ2v) is 13.3. The fourth-order valence-electron chi connectivity index (χ4n) is 6.54. The number of fused-ring (bicyclic) bond motifs is 3. The van der Waals surface area contributed by atoms with Crippen LogP contribution in [0.3, 0.4) is 0 Å². The maximum atomic E-state index is 6.72. The molecule has 0 spiro atoms. The topological polar surface area (TPSA) is 65.3 Å². The highest BCUT2D eigenvalue weighted by Crippen LogP contribution is 2.35. The fourth-order valence-corrected chi connectivity index (χ4v) is 6.54. The smallest absolute Gasteiger partial charge is 0.0641 e. The van der Waals surface area contributed by atoms with Gasteiger partial charge in [0.05, 0.1) is 11.4 Å². The number of benzene rings is 5. The van der Waals surface area contributed by atoms with Crippen molar-refractivity contribution in [3.05, 3.63) is 241 Å². The molecule has 1 aliphatic rings. The lowest BCUT2D eigenvalue weighted by Gasteiger charge is -2.23. The van der Waals surface area contributed by atoms with Crippen LogP contribution in [-0.4, -0.2) is 14.1 Å². The van der Waals surface area contributed by atoms with E-state index in [-0.39, 0.29) is 0 Å². The van der Waals surface area contributed by atoms with Crippen molar-refractivity contribution in [2.75, 3.05) is 34.9 Å². The largest absolute Gasteiger partial charge is 0.397 e. The molecule has 56 heavy (non-hydrogen) atoms. The van der Waals surface area contributed by atoms with E-state index < -0.39 is 0 Å². The van der Waals surface area contributed by atoms with Gasteiger partial charge in [-0.2, -0.15) is 0 Å². The third-order valence-electron chi connectivity index (χ3n) is 9.44. The summed E-state index contributed by atoms with van der Waals surface area (Å²) >= 11 is 0. The molecule has 5 aromatic rings. The summed E-state index contributed by atoms with van der Waals surface area (Å²) in [4.78, 5) is 2.05. The molecule has 0 aromatic heterocycles. The summed E-state index contributed by atoms with van der Waals surface area (Å²) < 4.78 is 0. The second kappa shape index (κ2) is 19.2. The molecule has 0 aliphatic carbocycles. The van der Waals surface area contributed by atoms with Crippen molar-refractivity contribution in [2.45, 2.75) is 6.42 Å². The van der Waals surface area contributed by atoms with Crippen molar-refractivity contribution >= 4 is 34.4 Å². The molecule has 0 radical (unpaired) electrons. The normalized spacial score (nSPS) is 15.2. The minimum Gasteiger partial charge on any atom is -0.397 e. The molecule has 1 heterocycles. The van der Waals surface area contributed by atoms with Crippen molar-refractivity contribution in [1.82, 2.24) is 0 Å². The van der Waals surface area contributed by atoms with Gasteiger partial charge in [-0.25, -0.2) is 0 Å². The van der Waals surface area contributed by atoms with Crippen LogP contribution in [0.4, 0.5) is 22.7 Å². The lowest BCUT2D eigenvalue weighted by atomic mass is 9.93. The highest BCUT2D eigenvalue weighted by Gasteiger charge is 2.13. The Bertz CT molecular complexity index is 2370. The van der Waals surface area contributed by atoms with Crippen molar-refractivity contribution in [3.8, 4) is 11.1 Å². The van der Waals surface area contributed by atoms with Crippen LogP contribution >= 0.6 is 0 Å². The molecule has 0 saturated heterocycles. The first-order chi connectivity index (χ1) is 27.4. The lowest BCUT2D eigenvalue weighted by Crippen LogP contribution is -2.21. The van der Waals surface area contributed by atoms with Crippen molar-refractivity contribution in [1.29, 1.82) is 0 Å². The Labute approximate surface area is 332 Å². The molecule has 6 rings (SSSR count). The zero-order chi connectivity index (χ0) is 39.1. The van der Waals surface area contributed by atoms with Gasteiger partial charge in [-0.15, -0.1) is 0 Å². The minimum absolute atomic E-state index is 0.585. The van der Waals surface area contributed by atoms with Crippen molar-refractivity contribution < 1.29 is 0 Å². The number of nitrogens with one attached hydrogen (secondary N) is 3. The van der Waals surface area contributed by atoms with E-state index in [2.05, 4.69) is 144 Å². The fraction of sp³-hybridized carbons (Fsp3) is 0.0588. The molecule has 1 aliphatic heterocycles. The van der Waals surface area contributed by atoms with Gasteiger partial charge in [-0.3, -0.25) is 0 Å². The van der Waals surface area contributed by atoms with E-state index in [1.807, 2.05) is 92.0 Å². The summed E-state index contributed by atoms with van der Waals surface area (Å²) in [5, 5.41) is 10.5. The van der Waals surface area contributed by atoms with Gasteiger partial charge in [-0.1, -0.05) is 141 Å². The predicted octanol–water partition coefficient (Wildman–Crippen LogP) is 12.1. The van der Waals surface area contributed by atoms with Crippen LogP contribution in [0.5, 0.6) is 0 Å². The van der Waals surface area contributed by atoms with E-state index in [0.717, 1.165) is 74.0 Å². The summed E-state index contributed by atoms with van der Waals surface area (Å²) in [5.74, 6) is 0. The van der Waals surface area contributed by atoms with Gasteiger partial charge in [0.2, 0.25) is 0 Å². The highest BCUT2D eigenvalue weighted by molar-refractivity contribution is 5.88. The maximum Gasteiger partial charge on any atom is 0.0641 e. The van der Waals surface area contributed by atoms with Crippen LogP contribution in [0.2, 0.25) is 0 Å². The second-order valence-electron chi connectivity index (χ2n) is 13.3. The average molecular weight is 732 g/mol. The zero-order valence-electron chi connectivity index (χ0n) is 32.1. The number of nitrogens with two attached hydrogens (primary N) is 1. The van der Waals surface area contributed by atoms with Crippen LogP contribution in [-0.2, 0) is 6.42 Å². The monoisotopic (exact) mass is 731 g/mol. The quantitative estimate of drug-likeness (QED) is 0.0908. The van der Waals surface area contributed by atoms with E-state index in [0.29, 0.717) is 5.70 Å². The molecule has 5 nitrogen and oxygen atoms in total. The summed E-state index contributed by atoms with van der Waals surface area (Å²) in [6.45, 7) is 8.30. The number of hydrogen-bond acceptors (Lipinski definition) is 5. The van der Waals surface area contributed by atoms with Gasteiger partial charge >= 0.3 is 0 Å². The summed E-state index contributed by atoms with van der Waals surface area (Å²) in [5.41, 5.74) is 20.7. The first-order valence-corrected chi connectivity index (χ1v) is 18.7. The van der Waals surface area contributed by atoms with Crippen LogP contribution in [0.25, 0.3) is 22.8 Å². The molecule has 0 atom stereocenters. The van der Waals surface area contributed by atoms with E-state index >= 15 is 0 Å². The predicted molar refractivity (Wildman–Crippen MR) is 243 cm³/mol. The molecular formula is C51H49N5. The molecule has 5 N–H and O–H groups in total. The SMILES string of the molecule is C=C/C=C(\C(N)=C/C(=C)/C=C\C(=C/Cc1ccccc1NC)c1ccc2c(c1)N/C=C/C(Nc1ccccc1)=C\C=C/c1ccccc1-2)N(C)c1ccccc1. The minimum atomic E-state index is 0.585. The zero-order valence-corrected chi connectivity index (χ0v) is 32.1. The first-order valence-electron chi connectivity index (χ1n) is 18.7. The van der Waals surface area contributed by atoms with E-state index in [4.69, 9.17) is 5.73 Å². The Morgan fingerprint density at radius 3 is 2.34 bits per heavy atom. The number of para-hydroxylation sites is 3.